The topological polar surface area (TPSA) is 17.1 Å². The highest BCUT2D eigenvalue weighted by Gasteiger charge is 2.11. The second kappa shape index (κ2) is 3.71. The van der Waals surface area contributed by atoms with Crippen LogP contribution in [0.15, 0.2) is 30.4 Å². The fourth-order valence-electron chi connectivity index (χ4n) is 0.901. The number of hydrogen-bond donors (Lipinski definition) is 0. The molecule has 0 spiro atoms. The molecule has 0 amide bonds. The molecule has 0 radical (unpaired) electrons. The van der Waals surface area contributed by atoms with Crippen LogP contribution in [0.1, 0.15) is 17.3 Å². The molecule has 0 N–H and O–H groups in total. The monoisotopic (exact) mass is 198 g/mol. The minimum Gasteiger partial charge on any atom is -0.289 e. The Morgan fingerprint density at radius 2 is 2.15 bits per heavy atom. The van der Waals surface area contributed by atoms with Crippen molar-refractivity contribution in [3.8, 4) is 0 Å². The Kier molecular flexibility index (Phi) is 2.83. The first-order chi connectivity index (χ1) is 6.02. The van der Waals surface area contributed by atoms with Crippen molar-refractivity contribution in [1.29, 1.82) is 0 Å². The van der Waals surface area contributed by atoms with Gasteiger partial charge in [-0.2, -0.15) is 0 Å². The molecule has 0 heterocycles. The van der Waals surface area contributed by atoms with Gasteiger partial charge in [-0.15, -0.1) is 0 Å². The van der Waals surface area contributed by atoms with Gasteiger partial charge in [-0.3, -0.25) is 4.79 Å². The van der Waals surface area contributed by atoms with Gasteiger partial charge >= 0.3 is 0 Å². The Labute approximate surface area is 80.8 Å². The van der Waals surface area contributed by atoms with E-state index in [1.807, 2.05) is 0 Å². The summed E-state index contributed by atoms with van der Waals surface area (Å²) < 4.78 is 12.7. The van der Waals surface area contributed by atoms with Crippen molar-refractivity contribution in [3.63, 3.8) is 0 Å². The van der Waals surface area contributed by atoms with E-state index >= 15 is 0 Å². The highest BCUT2D eigenvalue weighted by Crippen LogP contribution is 2.19. The van der Waals surface area contributed by atoms with E-state index < -0.39 is 5.82 Å². The molecule has 0 unspecified atom stereocenters. The lowest BCUT2D eigenvalue weighted by Gasteiger charge is -2.02. The molecule has 1 aromatic carbocycles. The Bertz CT molecular complexity index is 371. The molecule has 1 rings (SSSR count). The van der Waals surface area contributed by atoms with Crippen LogP contribution in [0.3, 0.4) is 0 Å². The van der Waals surface area contributed by atoms with E-state index in [2.05, 4.69) is 6.58 Å². The quantitative estimate of drug-likeness (QED) is 0.527. The van der Waals surface area contributed by atoms with Gasteiger partial charge in [-0.25, -0.2) is 4.39 Å². The summed E-state index contributed by atoms with van der Waals surface area (Å²) in [7, 11) is 0. The summed E-state index contributed by atoms with van der Waals surface area (Å²) in [6.45, 7) is 5.03. The van der Waals surface area contributed by atoms with Gasteiger partial charge in [0.25, 0.3) is 0 Å². The number of hydrogen-bond acceptors (Lipinski definition) is 1. The van der Waals surface area contributed by atoms with Crippen molar-refractivity contribution >= 4 is 17.4 Å². The van der Waals surface area contributed by atoms with Gasteiger partial charge in [0, 0.05) is 5.56 Å². The third-order valence-corrected chi connectivity index (χ3v) is 1.89. The van der Waals surface area contributed by atoms with Gasteiger partial charge in [0.2, 0.25) is 0 Å². The Balaban J connectivity index is 3.21. The number of halogens is 2. The maximum absolute atomic E-state index is 12.7. The summed E-state index contributed by atoms with van der Waals surface area (Å²) in [5, 5.41) is 0.245. The van der Waals surface area contributed by atoms with Gasteiger partial charge in [0.1, 0.15) is 5.82 Å². The number of carbonyl (C=O) groups excluding carboxylic acids is 1. The summed E-state index contributed by atoms with van der Waals surface area (Å²) in [5.74, 6) is -0.807. The van der Waals surface area contributed by atoms with Gasteiger partial charge in [-0.1, -0.05) is 18.2 Å². The lowest BCUT2D eigenvalue weighted by atomic mass is 10.1. The number of Topliss-reactive ketones (excluding diaryl/α,β-unsaturated/α-hetero) is 1. The SMILES string of the molecule is C=C(C)C(=O)c1cc(F)ccc1Cl. The number of ketones is 1. The molecule has 1 aromatic rings. The molecule has 0 atom stereocenters. The van der Waals surface area contributed by atoms with E-state index in [0.717, 1.165) is 6.07 Å². The van der Waals surface area contributed by atoms with E-state index in [4.69, 9.17) is 11.6 Å². The number of rotatable bonds is 2. The largest absolute Gasteiger partial charge is 0.289 e. The molecule has 0 bridgehead atoms. The van der Waals surface area contributed by atoms with Crippen LogP contribution >= 0.6 is 11.6 Å². The first-order valence-electron chi connectivity index (χ1n) is 3.67. The van der Waals surface area contributed by atoms with Crippen LogP contribution in [0.4, 0.5) is 4.39 Å². The Hall–Kier alpha value is -1.15. The van der Waals surface area contributed by atoms with Gasteiger partial charge in [-0.05, 0) is 30.7 Å². The zero-order chi connectivity index (χ0) is 10.0. The fourth-order valence-corrected chi connectivity index (χ4v) is 1.10. The molecule has 0 saturated heterocycles. The first kappa shape index (κ1) is 9.93. The van der Waals surface area contributed by atoms with Crippen LogP contribution < -0.4 is 0 Å². The highest BCUT2D eigenvalue weighted by atomic mass is 35.5. The molecule has 0 aliphatic heterocycles. The second-order valence-electron chi connectivity index (χ2n) is 2.73. The molecular formula is C10H8ClFO. The molecule has 1 nitrogen and oxygen atoms in total. The predicted octanol–water partition coefficient (Wildman–Crippen LogP) is 3.24. The van der Waals surface area contributed by atoms with E-state index in [-0.39, 0.29) is 16.4 Å². The summed E-state index contributed by atoms with van der Waals surface area (Å²) in [4.78, 5) is 11.4. The lowest BCUT2D eigenvalue weighted by Crippen LogP contribution is -2.00. The van der Waals surface area contributed by atoms with Gasteiger partial charge in [0.15, 0.2) is 5.78 Å². The van der Waals surface area contributed by atoms with Crippen molar-refractivity contribution in [3.05, 3.63) is 46.8 Å². The smallest absolute Gasteiger partial charge is 0.189 e. The average molecular weight is 199 g/mol. The van der Waals surface area contributed by atoms with E-state index in [1.165, 1.54) is 12.1 Å². The van der Waals surface area contributed by atoms with Gasteiger partial charge in [0.05, 0.1) is 5.02 Å². The van der Waals surface area contributed by atoms with Crippen LogP contribution in [-0.4, -0.2) is 5.78 Å². The average Bonchev–Trinajstić information content (AvgIpc) is 2.08. The fraction of sp³-hybridized carbons (Fsp3) is 0.100. The summed E-state index contributed by atoms with van der Waals surface area (Å²) in [6.07, 6.45) is 0. The van der Waals surface area contributed by atoms with Crippen molar-refractivity contribution in [2.75, 3.05) is 0 Å². The predicted molar refractivity (Wildman–Crippen MR) is 50.6 cm³/mol. The minimum atomic E-state index is -0.478. The highest BCUT2D eigenvalue weighted by molar-refractivity contribution is 6.34. The van der Waals surface area contributed by atoms with Crippen molar-refractivity contribution < 1.29 is 9.18 Å². The van der Waals surface area contributed by atoms with E-state index in [9.17, 15) is 9.18 Å². The normalized spacial score (nSPS) is 9.77. The molecule has 68 valence electrons. The molecular weight excluding hydrogens is 191 g/mol. The van der Waals surface area contributed by atoms with Crippen LogP contribution in [0.2, 0.25) is 5.02 Å². The van der Waals surface area contributed by atoms with Crippen molar-refractivity contribution in [2.24, 2.45) is 0 Å². The zero-order valence-electron chi connectivity index (χ0n) is 7.10. The molecule has 13 heavy (non-hydrogen) atoms. The first-order valence-corrected chi connectivity index (χ1v) is 4.05. The maximum Gasteiger partial charge on any atom is 0.189 e. The van der Waals surface area contributed by atoms with E-state index in [0.29, 0.717) is 5.57 Å². The Morgan fingerprint density at radius 3 is 2.69 bits per heavy atom. The number of carbonyl (C=O) groups is 1. The number of allylic oxidation sites excluding steroid dienone is 1. The summed E-state index contributed by atoms with van der Waals surface area (Å²) >= 11 is 5.71. The third kappa shape index (κ3) is 2.16. The second-order valence-corrected chi connectivity index (χ2v) is 3.14. The summed E-state index contributed by atoms with van der Waals surface area (Å²) in [5.41, 5.74) is 0.502. The molecule has 3 heteroatoms. The van der Waals surface area contributed by atoms with Crippen LogP contribution in [0, 0.1) is 5.82 Å². The molecule has 0 fully saturated rings. The lowest BCUT2D eigenvalue weighted by molar-refractivity contribution is 0.103. The minimum absolute atomic E-state index is 0.161. The standard InChI is InChI=1S/C10H8ClFO/c1-6(2)10(13)8-5-7(12)3-4-9(8)11/h3-5H,1H2,2H3. The third-order valence-electron chi connectivity index (χ3n) is 1.56. The summed E-state index contributed by atoms with van der Waals surface area (Å²) in [6, 6.07) is 3.67. The molecule has 0 aliphatic rings. The maximum atomic E-state index is 12.7. The van der Waals surface area contributed by atoms with E-state index in [1.54, 1.807) is 6.92 Å². The number of benzene rings is 1. The molecule has 0 aliphatic carbocycles. The van der Waals surface area contributed by atoms with Crippen LogP contribution in [-0.2, 0) is 0 Å². The van der Waals surface area contributed by atoms with Crippen LogP contribution in [0.5, 0.6) is 0 Å². The van der Waals surface area contributed by atoms with Crippen molar-refractivity contribution in [1.82, 2.24) is 0 Å². The van der Waals surface area contributed by atoms with Gasteiger partial charge < -0.3 is 0 Å². The molecule has 0 saturated carbocycles. The molecule has 0 aromatic heterocycles. The van der Waals surface area contributed by atoms with Crippen molar-refractivity contribution in [2.45, 2.75) is 6.92 Å². The Morgan fingerprint density at radius 1 is 1.54 bits per heavy atom. The zero-order valence-corrected chi connectivity index (χ0v) is 7.86. The van der Waals surface area contributed by atoms with Crippen LogP contribution in [0.25, 0.3) is 0 Å².